The molecule has 326 valence electrons. The summed E-state index contributed by atoms with van der Waals surface area (Å²) < 4.78 is 24.8. The number of likely N-dealkylation sites (tertiary alicyclic amines) is 1. The Morgan fingerprint density at radius 2 is 1.61 bits per heavy atom. The van der Waals surface area contributed by atoms with Crippen LogP contribution in [-0.2, 0) is 39.9 Å². The highest BCUT2D eigenvalue weighted by molar-refractivity contribution is 5.84. The minimum absolute atomic E-state index is 0.0687. The Balaban J connectivity index is 0.000000463. The molecule has 2 fully saturated rings. The minimum atomic E-state index is -1.19. The Hall–Kier alpha value is -3.46. The number of methoxy groups -OCH3 is 2. The molecule has 57 heavy (non-hydrogen) atoms. The molecule has 1 aromatic carbocycles. The SMILES string of the molecule is CCC(C)C(C(CC(=O)N1CC2(CC2)CC1C(OC)C(C)C)OC)N(C)C.CNC(C(=O)N[C@H](C=O)C(C)C)C(C)C.O=CNC(Cc1ccccc1F)C(=O)O. The van der Waals surface area contributed by atoms with Crippen LogP contribution >= 0.6 is 0 Å². The van der Waals surface area contributed by atoms with Gasteiger partial charge in [0.1, 0.15) is 18.1 Å². The van der Waals surface area contributed by atoms with Crippen molar-refractivity contribution in [2.45, 2.75) is 136 Å². The highest BCUT2D eigenvalue weighted by atomic mass is 19.1. The van der Waals surface area contributed by atoms with Crippen LogP contribution in [0.15, 0.2) is 24.3 Å². The molecule has 2 aliphatic rings. The van der Waals surface area contributed by atoms with E-state index < -0.39 is 23.9 Å². The number of halogens is 1. The number of nitrogens with one attached hydrogen (secondary N) is 3. The predicted molar refractivity (Wildman–Crippen MR) is 221 cm³/mol. The first kappa shape index (κ1) is 51.6. The summed E-state index contributed by atoms with van der Waals surface area (Å²) in [6, 6.07) is 4.55. The zero-order valence-electron chi connectivity index (χ0n) is 36.8. The number of carbonyl (C=O) groups is 5. The fourth-order valence-corrected chi connectivity index (χ4v) is 7.72. The van der Waals surface area contributed by atoms with Crippen LogP contribution in [0.2, 0.25) is 0 Å². The van der Waals surface area contributed by atoms with Gasteiger partial charge in [0.25, 0.3) is 0 Å². The van der Waals surface area contributed by atoms with E-state index in [0.29, 0.717) is 30.1 Å². The van der Waals surface area contributed by atoms with Crippen LogP contribution in [-0.4, -0.2) is 130 Å². The third-order valence-corrected chi connectivity index (χ3v) is 11.4. The zero-order valence-corrected chi connectivity index (χ0v) is 36.8. The first-order valence-electron chi connectivity index (χ1n) is 20.4. The van der Waals surface area contributed by atoms with E-state index in [1.54, 1.807) is 27.3 Å². The fraction of sp³-hybridized carbons (Fsp3) is 0.744. The number of amides is 3. The van der Waals surface area contributed by atoms with Gasteiger partial charge in [0, 0.05) is 33.2 Å². The van der Waals surface area contributed by atoms with Gasteiger partial charge in [-0.05, 0) is 81.1 Å². The first-order valence-corrected chi connectivity index (χ1v) is 20.4. The summed E-state index contributed by atoms with van der Waals surface area (Å²) in [6.45, 7) is 17.5. The Bertz CT molecular complexity index is 1390. The lowest BCUT2D eigenvalue weighted by Crippen LogP contribution is -2.51. The highest BCUT2D eigenvalue weighted by Crippen LogP contribution is 2.56. The molecule has 14 heteroatoms. The van der Waals surface area contributed by atoms with Crippen LogP contribution in [0.5, 0.6) is 0 Å². The molecule has 1 aromatic rings. The van der Waals surface area contributed by atoms with Crippen molar-refractivity contribution >= 4 is 30.5 Å². The van der Waals surface area contributed by atoms with Gasteiger partial charge in [-0.1, -0.05) is 80.0 Å². The van der Waals surface area contributed by atoms with Crippen LogP contribution in [0.1, 0.15) is 93.1 Å². The Labute approximate surface area is 341 Å². The molecule has 0 bridgehead atoms. The maximum Gasteiger partial charge on any atom is 0.326 e. The van der Waals surface area contributed by atoms with Gasteiger partial charge >= 0.3 is 5.97 Å². The second-order valence-corrected chi connectivity index (χ2v) is 17.0. The van der Waals surface area contributed by atoms with Gasteiger partial charge in [-0.3, -0.25) is 14.4 Å². The monoisotopic (exact) mass is 808 g/mol. The molecule has 1 spiro atoms. The fourth-order valence-electron chi connectivity index (χ4n) is 7.72. The van der Waals surface area contributed by atoms with Crippen molar-refractivity contribution in [1.82, 2.24) is 25.8 Å². The lowest BCUT2D eigenvalue weighted by molar-refractivity contribution is -0.140. The van der Waals surface area contributed by atoms with Crippen LogP contribution in [0, 0.1) is 34.9 Å². The molecule has 3 amide bonds. The number of likely N-dealkylation sites (N-methyl/N-ethyl adjacent to an activating group) is 2. The molecule has 1 heterocycles. The summed E-state index contributed by atoms with van der Waals surface area (Å²) in [4.78, 5) is 61.0. The van der Waals surface area contributed by atoms with Crippen molar-refractivity contribution in [2.24, 2.45) is 29.1 Å². The molecule has 7 unspecified atom stereocenters. The first-order chi connectivity index (χ1) is 26.8. The minimum Gasteiger partial charge on any atom is -0.480 e. The highest BCUT2D eigenvalue weighted by Gasteiger charge is 2.55. The van der Waals surface area contributed by atoms with Gasteiger partial charge in [0.2, 0.25) is 18.2 Å². The second-order valence-electron chi connectivity index (χ2n) is 17.0. The molecule has 4 N–H and O–H groups in total. The summed E-state index contributed by atoms with van der Waals surface area (Å²) in [6.07, 6.45) is 6.15. The summed E-state index contributed by atoms with van der Waals surface area (Å²) >= 11 is 0. The van der Waals surface area contributed by atoms with Crippen molar-refractivity contribution in [1.29, 1.82) is 0 Å². The smallest absolute Gasteiger partial charge is 0.326 e. The van der Waals surface area contributed by atoms with Crippen LogP contribution in [0.4, 0.5) is 4.39 Å². The zero-order chi connectivity index (χ0) is 43.6. The molecular weight excluding hydrogens is 733 g/mol. The summed E-state index contributed by atoms with van der Waals surface area (Å²) in [7, 11) is 9.45. The van der Waals surface area contributed by atoms with Crippen molar-refractivity contribution < 1.29 is 42.9 Å². The van der Waals surface area contributed by atoms with E-state index in [9.17, 15) is 28.4 Å². The number of carbonyl (C=O) groups excluding carboxylic acids is 4. The van der Waals surface area contributed by atoms with Gasteiger partial charge < -0.3 is 45.1 Å². The summed E-state index contributed by atoms with van der Waals surface area (Å²) in [5.41, 5.74) is 0.630. The van der Waals surface area contributed by atoms with Crippen LogP contribution in [0.3, 0.4) is 0 Å². The molecular formula is C43H74FN5O8. The summed E-state index contributed by atoms with van der Waals surface area (Å²) in [5.74, 6) is -0.347. The average Bonchev–Trinajstić information content (AvgIpc) is 3.81. The maximum absolute atomic E-state index is 13.4. The lowest BCUT2D eigenvalue weighted by Gasteiger charge is -2.37. The number of hydrogen-bond donors (Lipinski definition) is 4. The predicted octanol–water partition coefficient (Wildman–Crippen LogP) is 4.56. The standard InChI is InChI=1S/C22H42N2O3.C11H22N2O2.C10H10FNO3/c1-9-16(4)20(23(5)6)18(26-7)12-19(25)24-14-22(10-11-22)13-17(24)21(27-8)15(2)3;1-7(2)9(6-14)13-11(15)10(12-5)8(3)4;11-8-4-2-1-3-7(8)5-9(10(14)15)12-6-13/h15-18,20-21H,9-14H2,1-8H3;6-10,12H,1-5H3,(H,13,15);1-4,6,9H,5H2,(H,12,13)(H,14,15)/t;9-,10?;/m.1./s1. The molecule has 0 aromatic heterocycles. The molecule has 1 saturated heterocycles. The van der Waals surface area contributed by atoms with Gasteiger partial charge in [0.15, 0.2) is 0 Å². The number of aliphatic carboxylic acids is 1. The molecule has 13 nitrogen and oxygen atoms in total. The molecule has 0 radical (unpaired) electrons. The van der Waals surface area contributed by atoms with E-state index in [1.165, 1.54) is 31.0 Å². The summed E-state index contributed by atoms with van der Waals surface area (Å²) in [5, 5.41) is 16.5. The van der Waals surface area contributed by atoms with E-state index >= 15 is 0 Å². The molecule has 8 atom stereocenters. The normalized spacial score (nSPS) is 19.3. The number of benzene rings is 1. The van der Waals surface area contributed by atoms with E-state index in [0.717, 1.165) is 25.7 Å². The molecule has 1 saturated carbocycles. The van der Waals surface area contributed by atoms with E-state index in [-0.39, 0.29) is 66.0 Å². The maximum atomic E-state index is 13.4. The number of ether oxygens (including phenoxy) is 2. The molecule has 1 aliphatic heterocycles. The van der Waals surface area contributed by atoms with Crippen LogP contribution < -0.4 is 16.0 Å². The number of hydrogen-bond acceptors (Lipinski definition) is 9. The quantitative estimate of drug-likeness (QED) is 0.130. The van der Waals surface area contributed by atoms with E-state index in [1.807, 2.05) is 27.7 Å². The Morgan fingerprint density at radius 3 is 2.02 bits per heavy atom. The van der Waals surface area contributed by atoms with Gasteiger partial charge in [-0.15, -0.1) is 0 Å². The number of nitrogens with zero attached hydrogens (tertiary/aromatic N) is 2. The molecule has 1 aliphatic carbocycles. The van der Waals surface area contributed by atoms with E-state index in [4.69, 9.17) is 14.6 Å². The van der Waals surface area contributed by atoms with Crippen molar-refractivity contribution in [3.05, 3.63) is 35.6 Å². The Morgan fingerprint density at radius 1 is 1.00 bits per heavy atom. The van der Waals surface area contributed by atoms with Gasteiger partial charge in [0.05, 0.1) is 36.8 Å². The largest absolute Gasteiger partial charge is 0.480 e. The van der Waals surface area contributed by atoms with Crippen molar-refractivity contribution in [3.63, 3.8) is 0 Å². The number of aldehydes is 1. The van der Waals surface area contributed by atoms with Crippen molar-refractivity contribution in [3.8, 4) is 0 Å². The van der Waals surface area contributed by atoms with Crippen LogP contribution in [0.25, 0.3) is 0 Å². The second kappa shape index (κ2) is 25.1. The molecule has 3 rings (SSSR count). The Kier molecular flexibility index (Phi) is 22.7. The number of carboxylic acids is 1. The topological polar surface area (TPSA) is 167 Å². The third-order valence-electron chi connectivity index (χ3n) is 11.4. The van der Waals surface area contributed by atoms with Gasteiger partial charge in [-0.25, -0.2) is 9.18 Å². The van der Waals surface area contributed by atoms with Crippen molar-refractivity contribution in [2.75, 3.05) is 41.9 Å². The number of carboxylic acid groups (broad SMARTS) is 1. The third kappa shape index (κ3) is 16.0. The number of rotatable bonds is 21. The van der Waals surface area contributed by atoms with E-state index in [2.05, 4.69) is 67.5 Å². The average molecular weight is 808 g/mol. The lowest BCUT2D eigenvalue weighted by atomic mass is 9.91. The van der Waals surface area contributed by atoms with Gasteiger partial charge in [-0.2, -0.15) is 0 Å².